The summed E-state index contributed by atoms with van der Waals surface area (Å²) in [6.07, 6.45) is 0. The van der Waals surface area contributed by atoms with Crippen LogP contribution in [0.3, 0.4) is 0 Å². The van der Waals surface area contributed by atoms with Crippen LogP contribution in [0.5, 0.6) is 0 Å². The Morgan fingerprint density at radius 2 is 1.00 bits per heavy atom. The van der Waals surface area contributed by atoms with Gasteiger partial charge in [0.2, 0.25) is 0 Å². The Kier molecular flexibility index (Phi) is 73.2. The third kappa shape index (κ3) is 66.5. The van der Waals surface area contributed by atoms with Crippen LogP contribution in [0.25, 0.3) is 0 Å². The van der Waals surface area contributed by atoms with Crippen LogP contribution in [-0.4, -0.2) is 46.3 Å². The van der Waals surface area contributed by atoms with E-state index in [0.29, 0.717) is 0 Å². The molecule has 0 atom stereocenters. The third-order valence-electron chi connectivity index (χ3n) is 0. The number of rotatable bonds is 0. The standard InChI is InChI=1S/Bi.Hf.K.2Na.4O.Sb/q+3;+4;3*+1;;3*-1;. The molecule has 0 aromatic rings. The Hall–Kier alpha value is 5.89. The molecule has 0 saturated carbocycles. The minimum absolute atomic E-state index is 0. The average molecular weight is 658 g/mol. The van der Waals surface area contributed by atoms with Crippen molar-refractivity contribution in [2.24, 2.45) is 0 Å². The van der Waals surface area contributed by atoms with Crippen LogP contribution in [0, 0.1) is 0 Å². The molecule has 0 rings (SSSR count). The summed E-state index contributed by atoms with van der Waals surface area (Å²) < 4.78 is 34.6. The summed E-state index contributed by atoms with van der Waals surface area (Å²) >= 11 is -6.10. The number of hydrogen-bond acceptors (Lipinski definition) is 4. The molecule has 34 valence electrons. The second-order valence-corrected chi connectivity index (χ2v) is 3.00. The van der Waals surface area contributed by atoms with Crippen molar-refractivity contribution in [3.8, 4) is 0 Å². The summed E-state index contributed by atoms with van der Waals surface area (Å²) in [5.41, 5.74) is 0. The van der Waals surface area contributed by atoms with Gasteiger partial charge >= 0.3 is 196 Å². The normalized spacial score (nSPS) is 5.90. The molecule has 0 aliphatic heterocycles. The van der Waals surface area contributed by atoms with Gasteiger partial charge in [0.1, 0.15) is 0 Å². The van der Waals surface area contributed by atoms with Crippen LogP contribution in [0.2, 0.25) is 0 Å². The Morgan fingerprint density at radius 1 is 1.00 bits per heavy atom. The Balaban J connectivity index is -0.00000000800. The zero-order chi connectivity index (χ0) is 4.50. The zero-order valence-corrected chi connectivity index (χ0v) is 22.8. The molecule has 10 heteroatoms. The van der Waals surface area contributed by atoms with Crippen molar-refractivity contribution in [3.05, 3.63) is 0 Å². The van der Waals surface area contributed by atoms with Gasteiger partial charge in [-0.3, -0.25) is 0 Å². The van der Waals surface area contributed by atoms with Gasteiger partial charge in [-0.05, 0) is 0 Å². The number of hydrogen-bond donors (Lipinski definition) is 0. The van der Waals surface area contributed by atoms with E-state index in [2.05, 4.69) is 0 Å². The molecule has 0 saturated heterocycles. The predicted octanol–water partition coefficient (Wildman–Crippen LogP) is -13.4. The molecule has 0 aliphatic rings. The molecule has 0 bridgehead atoms. The van der Waals surface area contributed by atoms with E-state index in [-0.39, 0.29) is 163 Å². The van der Waals surface area contributed by atoms with Gasteiger partial charge in [0.15, 0.2) is 0 Å². The van der Waals surface area contributed by atoms with Crippen LogP contribution in [-0.2, 0) is 28.9 Å². The van der Waals surface area contributed by atoms with Crippen LogP contribution < -0.4 is 121 Å². The minimum atomic E-state index is -6.10. The molecular weight excluding hydrogens is 658 g/mol. The van der Waals surface area contributed by atoms with Gasteiger partial charge in [0, 0.05) is 0 Å². The van der Waals surface area contributed by atoms with Crippen LogP contribution in [0.1, 0.15) is 0 Å². The van der Waals surface area contributed by atoms with Crippen molar-refractivity contribution in [2.75, 3.05) is 0 Å². The van der Waals surface area contributed by atoms with E-state index in [4.69, 9.17) is 13.2 Å². The Labute approximate surface area is 190 Å². The van der Waals surface area contributed by atoms with Gasteiger partial charge < -0.3 is 0 Å². The van der Waals surface area contributed by atoms with Crippen molar-refractivity contribution in [1.29, 1.82) is 0 Å². The molecule has 10 heavy (non-hydrogen) atoms. The first-order valence-corrected chi connectivity index (χ1v) is 4.90. The summed E-state index contributed by atoms with van der Waals surface area (Å²) in [5, 5.41) is 0. The van der Waals surface area contributed by atoms with Crippen LogP contribution >= 0.6 is 0 Å². The van der Waals surface area contributed by atoms with Gasteiger partial charge in [-0.2, -0.15) is 0 Å². The molecule has 0 aromatic heterocycles. The van der Waals surface area contributed by atoms with E-state index in [9.17, 15) is 0 Å². The van der Waals surface area contributed by atoms with Crippen molar-refractivity contribution < 1.29 is 150 Å². The fraction of sp³-hybridized carbons (Fsp3) is 0. The molecule has 2 radical (unpaired) electrons. The second-order valence-electron chi connectivity index (χ2n) is 0.447. The third-order valence-corrected chi connectivity index (χ3v) is 0. The molecule has 0 heterocycles. The fourth-order valence-corrected chi connectivity index (χ4v) is 0. The zero-order valence-electron chi connectivity index (χ0n) is 6.03. The predicted molar refractivity (Wildman–Crippen MR) is 12.2 cm³/mol. The first-order chi connectivity index (χ1) is 2.00. The summed E-state index contributed by atoms with van der Waals surface area (Å²) in [6, 6.07) is 0. The molecule has 0 fully saturated rings. The first-order valence-electron chi connectivity index (χ1n) is 0.730. The summed E-state index contributed by atoms with van der Waals surface area (Å²) in [5.74, 6) is 0. The maximum absolute atomic E-state index is 8.64. The summed E-state index contributed by atoms with van der Waals surface area (Å²) in [6.45, 7) is 0. The SMILES string of the molecule is [Bi+3].[Hf+4].[K+].[Na+].[Na+].[O]=[Sb]([O-])([O-])[O-]. The molecule has 0 spiro atoms. The van der Waals surface area contributed by atoms with Gasteiger partial charge in [-0.15, -0.1) is 0 Å². The molecule has 0 amide bonds. The molecular formula is BiHfKNa2O4Sb+7. The monoisotopic (exact) mass is 659 g/mol. The van der Waals surface area contributed by atoms with E-state index in [1.165, 1.54) is 0 Å². The van der Waals surface area contributed by atoms with Crippen molar-refractivity contribution in [3.63, 3.8) is 0 Å². The van der Waals surface area contributed by atoms with Gasteiger partial charge in [-0.1, -0.05) is 0 Å². The summed E-state index contributed by atoms with van der Waals surface area (Å²) in [7, 11) is 0. The van der Waals surface area contributed by atoms with Crippen LogP contribution in [0.15, 0.2) is 0 Å². The fourth-order valence-electron chi connectivity index (χ4n) is 0. The summed E-state index contributed by atoms with van der Waals surface area (Å²) in [4.78, 5) is 0. The molecule has 4 nitrogen and oxygen atoms in total. The van der Waals surface area contributed by atoms with E-state index < -0.39 is 20.1 Å². The van der Waals surface area contributed by atoms with Crippen LogP contribution in [0.4, 0.5) is 0 Å². The maximum atomic E-state index is 8.64. The first kappa shape index (κ1) is 36.0. The van der Waals surface area contributed by atoms with E-state index in [1.54, 1.807) is 0 Å². The quantitative estimate of drug-likeness (QED) is 0.242. The van der Waals surface area contributed by atoms with Gasteiger partial charge in [0.25, 0.3) is 0 Å². The molecule has 0 unspecified atom stereocenters. The molecule has 0 aromatic carbocycles. The van der Waals surface area contributed by atoms with E-state index in [1.807, 2.05) is 0 Å². The Morgan fingerprint density at radius 3 is 1.00 bits per heavy atom. The average Bonchev–Trinajstić information content (AvgIpc) is 0.722. The second kappa shape index (κ2) is 20.3. The molecule has 0 aliphatic carbocycles. The van der Waals surface area contributed by atoms with E-state index in [0.717, 1.165) is 0 Å². The Bertz CT molecular complexity index is 69.4. The van der Waals surface area contributed by atoms with Gasteiger partial charge in [0.05, 0.1) is 0 Å². The molecule has 0 N–H and O–H groups in total. The topological polar surface area (TPSA) is 86.2 Å². The van der Waals surface area contributed by atoms with Crippen molar-refractivity contribution >= 4 is 46.3 Å². The van der Waals surface area contributed by atoms with Crippen molar-refractivity contribution in [2.45, 2.75) is 0 Å². The van der Waals surface area contributed by atoms with Gasteiger partial charge in [-0.25, -0.2) is 0 Å². The van der Waals surface area contributed by atoms with E-state index >= 15 is 0 Å². The van der Waals surface area contributed by atoms with Crippen molar-refractivity contribution in [1.82, 2.24) is 0 Å².